The van der Waals surface area contributed by atoms with Gasteiger partial charge in [0.2, 0.25) is 0 Å². The lowest BCUT2D eigenvalue weighted by atomic mass is 10.1. The highest BCUT2D eigenvalue weighted by molar-refractivity contribution is 5.70. The summed E-state index contributed by atoms with van der Waals surface area (Å²) in [5, 5.41) is 2.75. The first kappa shape index (κ1) is 24.1. The average Bonchev–Trinajstić information content (AvgIpc) is 3.38. The molecule has 0 saturated heterocycles. The van der Waals surface area contributed by atoms with Crippen molar-refractivity contribution in [3.63, 3.8) is 0 Å². The van der Waals surface area contributed by atoms with Crippen LogP contribution in [0.1, 0.15) is 44.2 Å². The van der Waals surface area contributed by atoms with Crippen LogP contribution in [0.4, 0.5) is 9.59 Å². The van der Waals surface area contributed by atoms with E-state index in [9.17, 15) is 9.59 Å². The lowest BCUT2D eigenvalue weighted by Gasteiger charge is -2.18. The number of aromatic nitrogens is 1. The summed E-state index contributed by atoms with van der Waals surface area (Å²) in [5.41, 5.74) is 0.682. The van der Waals surface area contributed by atoms with Crippen molar-refractivity contribution in [3.8, 4) is 23.0 Å². The van der Waals surface area contributed by atoms with Gasteiger partial charge in [0.15, 0.2) is 11.5 Å². The molecule has 4 rings (SSSR count). The van der Waals surface area contributed by atoms with E-state index < -0.39 is 12.2 Å². The highest BCUT2D eigenvalue weighted by Crippen LogP contribution is 2.33. The van der Waals surface area contributed by atoms with Crippen LogP contribution in [0.5, 0.6) is 23.0 Å². The van der Waals surface area contributed by atoms with Gasteiger partial charge in [-0.1, -0.05) is 43.3 Å². The molecule has 8 heteroatoms. The van der Waals surface area contributed by atoms with Gasteiger partial charge in [-0.3, -0.25) is 4.98 Å². The van der Waals surface area contributed by atoms with Crippen LogP contribution in [-0.2, 0) is 0 Å². The minimum atomic E-state index is -0.875. The number of ether oxygens (including phenoxy) is 4. The van der Waals surface area contributed by atoms with E-state index in [2.05, 4.69) is 10.3 Å². The Kier molecular flexibility index (Phi) is 8.17. The SMILES string of the molecule is CC(CNC(=O)Oc1ccccc1)c1cc(OC2CCCC2)c(OC(=O)Oc2ccccc2)cn1. The van der Waals surface area contributed by atoms with Gasteiger partial charge >= 0.3 is 12.2 Å². The minimum Gasteiger partial charge on any atom is -0.486 e. The fourth-order valence-electron chi connectivity index (χ4n) is 3.73. The number of nitrogens with zero attached hydrogens (tertiary/aromatic N) is 1. The third kappa shape index (κ3) is 7.20. The molecule has 8 nitrogen and oxygen atoms in total. The van der Waals surface area contributed by atoms with Gasteiger partial charge in [-0.2, -0.15) is 0 Å². The molecule has 3 aromatic rings. The van der Waals surface area contributed by atoms with Gasteiger partial charge < -0.3 is 24.3 Å². The van der Waals surface area contributed by atoms with Crippen LogP contribution >= 0.6 is 0 Å². The molecule has 2 aromatic carbocycles. The van der Waals surface area contributed by atoms with E-state index in [0.717, 1.165) is 25.7 Å². The number of carbonyl (C=O) groups excluding carboxylic acids is 2. The first-order valence-corrected chi connectivity index (χ1v) is 11.7. The zero-order chi connectivity index (χ0) is 24.5. The molecule has 1 N–H and O–H groups in total. The van der Waals surface area contributed by atoms with Crippen molar-refractivity contribution >= 4 is 12.2 Å². The number of carbonyl (C=O) groups is 2. The molecule has 0 spiro atoms. The van der Waals surface area contributed by atoms with Gasteiger partial charge in [0.25, 0.3) is 0 Å². The molecule has 1 fully saturated rings. The molecule has 1 aliphatic carbocycles. The first-order chi connectivity index (χ1) is 17.1. The third-order valence-electron chi connectivity index (χ3n) is 5.60. The first-order valence-electron chi connectivity index (χ1n) is 11.7. The Hall–Kier alpha value is -4.07. The number of pyridine rings is 1. The molecule has 35 heavy (non-hydrogen) atoms. The molecule has 0 radical (unpaired) electrons. The van der Waals surface area contributed by atoms with Gasteiger partial charge in [0, 0.05) is 24.2 Å². The quantitative estimate of drug-likeness (QED) is 0.321. The number of amides is 1. The maximum absolute atomic E-state index is 12.3. The second kappa shape index (κ2) is 11.9. The Labute approximate surface area is 204 Å². The molecule has 0 aliphatic heterocycles. The number of para-hydroxylation sites is 2. The van der Waals surface area contributed by atoms with E-state index in [4.69, 9.17) is 18.9 Å². The molecule has 0 bridgehead atoms. The van der Waals surface area contributed by atoms with Crippen molar-refractivity contribution in [2.45, 2.75) is 44.6 Å². The Balaban J connectivity index is 1.41. The molecule has 1 aromatic heterocycles. The van der Waals surface area contributed by atoms with E-state index in [1.807, 2.05) is 19.1 Å². The Morgan fingerprint density at radius 1 is 0.914 bits per heavy atom. The Morgan fingerprint density at radius 2 is 1.54 bits per heavy atom. The second-order valence-electron chi connectivity index (χ2n) is 8.33. The van der Waals surface area contributed by atoms with Crippen molar-refractivity contribution in [2.24, 2.45) is 0 Å². The van der Waals surface area contributed by atoms with Crippen molar-refractivity contribution in [1.29, 1.82) is 0 Å². The van der Waals surface area contributed by atoms with E-state index in [0.29, 0.717) is 29.5 Å². The van der Waals surface area contributed by atoms with Crippen LogP contribution in [0, 0.1) is 0 Å². The third-order valence-corrected chi connectivity index (χ3v) is 5.60. The molecule has 1 atom stereocenters. The highest BCUT2D eigenvalue weighted by atomic mass is 16.7. The summed E-state index contributed by atoms with van der Waals surface area (Å²) in [7, 11) is 0. The molecule has 1 heterocycles. The van der Waals surface area contributed by atoms with Crippen LogP contribution in [0.25, 0.3) is 0 Å². The number of nitrogens with one attached hydrogen (secondary N) is 1. The fourth-order valence-corrected chi connectivity index (χ4v) is 3.73. The molecular formula is C27H28N2O6. The summed E-state index contributed by atoms with van der Waals surface area (Å²) >= 11 is 0. The highest BCUT2D eigenvalue weighted by Gasteiger charge is 2.22. The monoisotopic (exact) mass is 476 g/mol. The molecule has 1 unspecified atom stereocenters. The summed E-state index contributed by atoms with van der Waals surface area (Å²) in [5.74, 6) is 1.31. The van der Waals surface area contributed by atoms with Crippen molar-refractivity contribution in [3.05, 3.63) is 78.6 Å². The summed E-state index contributed by atoms with van der Waals surface area (Å²) < 4.78 is 22.1. The van der Waals surface area contributed by atoms with Gasteiger partial charge in [-0.25, -0.2) is 9.59 Å². The summed E-state index contributed by atoms with van der Waals surface area (Å²) in [6.45, 7) is 2.23. The van der Waals surface area contributed by atoms with Crippen molar-refractivity contribution in [1.82, 2.24) is 10.3 Å². The number of hydrogen-bond acceptors (Lipinski definition) is 7. The lowest BCUT2D eigenvalue weighted by Crippen LogP contribution is -2.30. The molecule has 1 saturated carbocycles. The molecule has 182 valence electrons. The number of rotatable bonds is 8. The summed E-state index contributed by atoms with van der Waals surface area (Å²) in [6, 6.07) is 19.3. The smallest absolute Gasteiger partial charge is 0.486 e. The van der Waals surface area contributed by atoms with E-state index in [1.165, 1.54) is 6.20 Å². The van der Waals surface area contributed by atoms with Crippen molar-refractivity contribution < 1.29 is 28.5 Å². The van der Waals surface area contributed by atoms with Gasteiger partial charge in [0.1, 0.15) is 11.5 Å². The maximum atomic E-state index is 12.3. The van der Waals surface area contributed by atoms with Crippen LogP contribution in [-0.4, -0.2) is 29.9 Å². The van der Waals surface area contributed by atoms with Gasteiger partial charge in [-0.15, -0.1) is 0 Å². The van der Waals surface area contributed by atoms with Crippen LogP contribution < -0.4 is 24.3 Å². The Morgan fingerprint density at radius 3 is 2.20 bits per heavy atom. The maximum Gasteiger partial charge on any atom is 0.519 e. The zero-order valence-electron chi connectivity index (χ0n) is 19.5. The normalized spacial score (nSPS) is 14.1. The lowest BCUT2D eigenvalue weighted by molar-refractivity contribution is 0.145. The minimum absolute atomic E-state index is 0.0482. The predicted octanol–water partition coefficient (Wildman–Crippen LogP) is 5.87. The van der Waals surface area contributed by atoms with E-state index in [1.54, 1.807) is 54.6 Å². The zero-order valence-corrected chi connectivity index (χ0v) is 19.5. The molecular weight excluding hydrogens is 448 g/mol. The molecule has 1 amide bonds. The number of hydrogen-bond donors (Lipinski definition) is 1. The van der Waals surface area contributed by atoms with Gasteiger partial charge in [-0.05, 0) is 49.9 Å². The topological polar surface area (TPSA) is 96.0 Å². The largest absolute Gasteiger partial charge is 0.519 e. The molecule has 1 aliphatic rings. The van der Waals surface area contributed by atoms with Gasteiger partial charge in [0.05, 0.1) is 12.3 Å². The Bertz CT molecular complexity index is 1120. The summed E-state index contributed by atoms with van der Waals surface area (Å²) in [4.78, 5) is 28.9. The van der Waals surface area contributed by atoms with E-state index >= 15 is 0 Å². The summed E-state index contributed by atoms with van der Waals surface area (Å²) in [6.07, 6.45) is 4.14. The predicted molar refractivity (Wildman–Crippen MR) is 129 cm³/mol. The van der Waals surface area contributed by atoms with E-state index in [-0.39, 0.29) is 17.8 Å². The second-order valence-corrected chi connectivity index (χ2v) is 8.33. The standard InChI is InChI=1S/C27H28N2O6/c1-19(17-29-26(30)33-21-10-4-2-5-11-21)23-16-24(32-20-14-8-9-15-20)25(18-28-23)35-27(31)34-22-12-6-3-7-13-22/h2-7,10-13,16,18-20H,8-9,14-15,17H2,1H3,(H,29,30). The number of benzene rings is 2. The fraction of sp³-hybridized carbons (Fsp3) is 0.296. The average molecular weight is 477 g/mol. The van der Waals surface area contributed by atoms with Crippen LogP contribution in [0.15, 0.2) is 72.9 Å². The van der Waals surface area contributed by atoms with Crippen LogP contribution in [0.3, 0.4) is 0 Å². The van der Waals surface area contributed by atoms with Crippen LogP contribution in [0.2, 0.25) is 0 Å². The van der Waals surface area contributed by atoms with Crippen molar-refractivity contribution in [2.75, 3.05) is 6.54 Å².